The lowest BCUT2D eigenvalue weighted by atomic mass is 9.99. The lowest BCUT2D eigenvalue weighted by molar-refractivity contribution is -0.126. The second-order valence-corrected chi connectivity index (χ2v) is 11.5. The van der Waals surface area contributed by atoms with E-state index < -0.39 is 12.0 Å². The number of alkyl halides is 2. The summed E-state index contributed by atoms with van der Waals surface area (Å²) in [4.78, 5) is 33.2. The summed E-state index contributed by atoms with van der Waals surface area (Å²) < 4.78 is 34.0. The quantitative estimate of drug-likeness (QED) is 0.432. The van der Waals surface area contributed by atoms with Gasteiger partial charge in [0, 0.05) is 73.5 Å². The molecule has 1 N–H and O–H groups in total. The molecule has 226 valence electrons. The van der Waals surface area contributed by atoms with E-state index in [-0.39, 0.29) is 45.0 Å². The molecule has 1 aromatic carbocycles. The van der Waals surface area contributed by atoms with Gasteiger partial charge in [-0.05, 0) is 56.7 Å². The number of benzene rings is 1. The third-order valence-corrected chi connectivity index (χ3v) is 8.79. The Balaban J connectivity index is 0.00000353. The van der Waals surface area contributed by atoms with Crippen molar-refractivity contribution in [3.05, 3.63) is 53.4 Å². The van der Waals surface area contributed by atoms with Crippen LogP contribution in [-0.4, -0.2) is 95.5 Å². The molecule has 1 amide bonds. The first-order chi connectivity index (χ1) is 19.6. The molecule has 2 saturated heterocycles. The minimum absolute atomic E-state index is 0. The zero-order valence-electron chi connectivity index (χ0n) is 24.4. The molecule has 3 aromatic rings. The van der Waals surface area contributed by atoms with Gasteiger partial charge >= 0.3 is 6.01 Å². The number of carbonyl (C=O) groups is 1. The molecule has 2 fully saturated rings. The topological polar surface area (TPSA) is 80.8 Å². The molecule has 0 saturated carbocycles. The fraction of sp³-hybridized carbons (Fsp3) is 0.500. The van der Waals surface area contributed by atoms with E-state index in [9.17, 15) is 13.6 Å². The SMILES string of the molecule is C=CC(=O)N1CCN(c2nc(OC[C@@H]3CC(F)(F)CN3C)nc3c2CCN(c2c(C)c(C)cc4[nH]ccc24)C3)CC1.S. The van der Waals surface area contributed by atoms with Crippen molar-refractivity contribution in [2.75, 3.05) is 62.7 Å². The van der Waals surface area contributed by atoms with Gasteiger partial charge in [-0.2, -0.15) is 23.5 Å². The Morgan fingerprint density at radius 3 is 2.64 bits per heavy atom. The molecule has 0 radical (unpaired) electrons. The van der Waals surface area contributed by atoms with Crippen LogP contribution in [0.5, 0.6) is 6.01 Å². The molecule has 1 atom stereocenters. The van der Waals surface area contributed by atoms with Gasteiger partial charge in [-0.15, -0.1) is 0 Å². The Morgan fingerprint density at radius 2 is 1.95 bits per heavy atom. The van der Waals surface area contributed by atoms with Gasteiger partial charge in [0.2, 0.25) is 5.91 Å². The van der Waals surface area contributed by atoms with Crippen molar-refractivity contribution < 1.29 is 18.3 Å². The number of nitrogens with zero attached hydrogens (tertiary/aromatic N) is 6. The number of rotatable bonds is 6. The Kier molecular flexibility index (Phi) is 8.39. The summed E-state index contributed by atoms with van der Waals surface area (Å²) >= 11 is 0. The maximum Gasteiger partial charge on any atom is 0.318 e. The molecule has 2 aromatic heterocycles. The predicted molar refractivity (Wildman–Crippen MR) is 165 cm³/mol. The van der Waals surface area contributed by atoms with Crippen LogP contribution in [0, 0.1) is 13.8 Å². The number of nitrogens with one attached hydrogen (secondary N) is 1. The third kappa shape index (κ3) is 5.66. The van der Waals surface area contributed by atoms with Crippen LogP contribution in [0.25, 0.3) is 10.9 Å². The Labute approximate surface area is 252 Å². The summed E-state index contributed by atoms with van der Waals surface area (Å²) in [6.45, 7) is 11.5. The summed E-state index contributed by atoms with van der Waals surface area (Å²) in [5, 5.41) is 1.18. The van der Waals surface area contributed by atoms with Gasteiger partial charge in [-0.25, -0.2) is 8.78 Å². The number of anilines is 2. The number of likely N-dealkylation sites (N-methyl/N-ethyl adjacent to an activating group) is 1. The number of halogens is 2. The first kappa shape index (κ1) is 30.1. The van der Waals surface area contributed by atoms with Crippen molar-refractivity contribution in [2.24, 2.45) is 0 Å². The summed E-state index contributed by atoms with van der Waals surface area (Å²) in [7, 11) is 1.70. The summed E-state index contributed by atoms with van der Waals surface area (Å²) in [6, 6.07) is 4.10. The average Bonchev–Trinajstić information content (AvgIpc) is 3.52. The molecule has 3 aliphatic rings. The lowest BCUT2D eigenvalue weighted by Gasteiger charge is -2.38. The fourth-order valence-corrected chi connectivity index (χ4v) is 6.42. The molecule has 0 bridgehead atoms. The second-order valence-electron chi connectivity index (χ2n) is 11.5. The van der Waals surface area contributed by atoms with Crippen molar-refractivity contribution >= 4 is 41.8 Å². The number of aromatic nitrogens is 3. The van der Waals surface area contributed by atoms with E-state index in [2.05, 4.69) is 47.3 Å². The van der Waals surface area contributed by atoms with Gasteiger partial charge in [0.1, 0.15) is 12.4 Å². The van der Waals surface area contributed by atoms with E-state index >= 15 is 0 Å². The molecule has 0 spiro atoms. The van der Waals surface area contributed by atoms with E-state index in [1.807, 2.05) is 6.20 Å². The first-order valence-corrected chi connectivity index (χ1v) is 14.2. The number of aryl methyl sites for hydroxylation is 1. The van der Waals surface area contributed by atoms with Crippen LogP contribution < -0.4 is 14.5 Å². The lowest BCUT2D eigenvalue weighted by Crippen LogP contribution is -2.49. The second kappa shape index (κ2) is 11.7. The number of H-pyrrole nitrogens is 1. The van der Waals surface area contributed by atoms with E-state index in [4.69, 9.17) is 14.7 Å². The number of fused-ring (bicyclic) bond motifs is 2. The van der Waals surface area contributed by atoms with Crippen molar-refractivity contribution in [2.45, 2.75) is 45.2 Å². The van der Waals surface area contributed by atoms with Crippen molar-refractivity contribution in [3.63, 3.8) is 0 Å². The maximum atomic E-state index is 14.0. The number of piperazine rings is 1. The minimum atomic E-state index is -2.72. The zero-order valence-corrected chi connectivity index (χ0v) is 25.4. The van der Waals surface area contributed by atoms with Crippen LogP contribution in [0.2, 0.25) is 0 Å². The van der Waals surface area contributed by atoms with Gasteiger partial charge in [-0.1, -0.05) is 6.58 Å². The molecule has 9 nitrogen and oxygen atoms in total. The van der Waals surface area contributed by atoms with Crippen LogP contribution in [0.15, 0.2) is 31.0 Å². The van der Waals surface area contributed by atoms with Crippen LogP contribution in [0.1, 0.15) is 28.8 Å². The van der Waals surface area contributed by atoms with Crippen molar-refractivity contribution in [1.82, 2.24) is 24.8 Å². The molecular weight excluding hydrogens is 560 g/mol. The fourth-order valence-electron chi connectivity index (χ4n) is 6.42. The van der Waals surface area contributed by atoms with E-state index in [0.717, 1.165) is 35.6 Å². The number of likely N-dealkylation sites (tertiary alicyclic amines) is 1. The number of aromatic amines is 1. The van der Waals surface area contributed by atoms with Crippen LogP contribution in [0.4, 0.5) is 20.3 Å². The minimum Gasteiger partial charge on any atom is -0.462 e. The number of hydrogen-bond acceptors (Lipinski definition) is 7. The van der Waals surface area contributed by atoms with E-state index in [0.29, 0.717) is 32.7 Å². The van der Waals surface area contributed by atoms with Gasteiger partial charge in [0.15, 0.2) is 0 Å². The van der Waals surface area contributed by atoms with Crippen molar-refractivity contribution in [1.29, 1.82) is 0 Å². The summed E-state index contributed by atoms with van der Waals surface area (Å²) in [5.74, 6) is -1.98. The smallest absolute Gasteiger partial charge is 0.318 e. The molecule has 0 aliphatic carbocycles. The molecular formula is C30H39F2N7O2S. The first-order valence-electron chi connectivity index (χ1n) is 14.2. The number of amides is 1. The molecule has 42 heavy (non-hydrogen) atoms. The number of hydrogen-bond donors (Lipinski definition) is 1. The predicted octanol–water partition coefficient (Wildman–Crippen LogP) is 3.80. The monoisotopic (exact) mass is 599 g/mol. The van der Waals surface area contributed by atoms with Gasteiger partial charge in [0.25, 0.3) is 5.92 Å². The van der Waals surface area contributed by atoms with Crippen molar-refractivity contribution in [3.8, 4) is 6.01 Å². The number of ether oxygens (including phenoxy) is 1. The highest BCUT2D eigenvalue weighted by Gasteiger charge is 2.43. The van der Waals surface area contributed by atoms with Crippen LogP contribution >= 0.6 is 13.5 Å². The average molecular weight is 600 g/mol. The summed E-state index contributed by atoms with van der Waals surface area (Å²) in [5.41, 5.74) is 6.72. The van der Waals surface area contributed by atoms with Gasteiger partial charge in [-0.3, -0.25) is 9.69 Å². The Hall–Kier alpha value is -3.38. The molecule has 6 rings (SSSR count). The highest BCUT2D eigenvalue weighted by atomic mass is 32.1. The Morgan fingerprint density at radius 1 is 1.19 bits per heavy atom. The molecule has 0 unspecified atom stereocenters. The maximum absolute atomic E-state index is 14.0. The molecule has 3 aliphatic heterocycles. The standard InChI is InChI=1S/C30H37F2N7O2.H2S/c1-5-26(40)37-10-12-38(13-11-37)28-23-7-9-39(27-20(3)19(2)14-24-22(27)6-8-33-24)16-25(23)34-29(35-28)41-17-21-15-30(31,32)18-36(21)4;/h5-6,8,14,21,33H,1,7,9-13,15-18H2,2-4H3;1H2/t21-;/m0./s1. The van der Waals surface area contributed by atoms with Crippen LogP contribution in [0.3, 0.4) is 0 Å². The molecule has 5 heterocycles. The normalized spacial score (nSPS) is 20.4. The van der Waals surface area contributed by atoms with Gasteiger partial charge < -0.3 is 24.4 Å². The number of carbonyl (C=O) groups excluding carboxylic acids is 1. The van der Waals surface area contributed by atoms with E-state index in [1.54, 1.807) is 16.8 Å². The van der Waals surface area contributed by atoms with Gasteiger partial charge in [0.05, 0.1) is 18.8 Å². The third-order valence-electron chi connectivity index (χ3n) is 8.79. The summed E-state index contributed by atoms with van der Waals surface area (Å²) in [6.07, 6.45) is 3.83. The van der Waals surface area contributed by atoms with E-state index in [1.165, 1.54) is 28.3 Å². The molecule has 12 heteroatoms. The Bertz CT molecular complexity index is 1490. The highest BCUT2D eigenvalue weighted by molar-refractivity contribution is 7.59. The largest absolute Gasteiger partial charge is 0.462 e. The zero-order chi connectivity index (χ0) is 28.9. The highest BCUT2D eigenvalue weighted by Crippen LogP contribution is 2.37. The van der Waals surface area contributed by atoms with Crippen LogP contribution in [-0.2, 0) is 17.8 Å².